The molecular formula is C34H48ClN6O4PS. The van der Waals surface area contributed by atoms with Gasteiger partial charge in [-0.3, -0.25) is 0 Å². The lowest BCUT2D eigenvalue weighted by atomic mass is 9.93. The topological polar surface area (TPSA) is 137 Å². The first-order valence-electron chi connectivity index (χ1n) is 16.3. The summed E-state index contributed by atoms with van der Waals surface area (Å²) < 4.78 is 4.93. The zero-order valence-corrected chi connectivity index (χ0v) is 30.3. The Balaban J connectivity index is 0.000000188. The smallest absolute Gasteiger partial charge is 0.321 e. The molecule has 2 saturated heterocycles. The van der Waals surface area contributed by atoms with Crippen LogP contribution in [0, 0.1) is 39.5 Å². The fourth-order valence-corrected chi connectivity index (χ4v) is 6.72. The van der Waals surface area contributed by atoms with Crippen molar-refractivity contribution in [3.8, 4) is 0 Å². The predicted octanol–water partition coefficient (Wildman–Crippen LogP) is 6.35. The highest BCUT2D eigenvalue weighted by atomic mass is 35.5. The first kappa shape index (κ1) is 37.5. The molecule has 0 saturated carbocycles. The quantitative estimate of drug-likeness (QED) is 0.127. The minimum absolute atomic E-state index is 0.309. The fourth-order valence-electron chi connectivity index (χ4n) is 5.96. The van der Waals surface area contributed by atoms with Gasteiger partial charge < -0.3 is 29.6 Å². The summed E-state index contributed by atoms with van der Waals surface area (Å²) in [4.78, 5) is 37.6. The standard InChI is InChI=1S/C17H24N3O3PS.C10H9ClN2.C7H15NO/c1-12-9-15-16(10-13(12)2)18-11-19-17(15)20-6-3-14(4-7-20)5-8-23-24(21,22)25;1-6-3-8-9(4-7(6)2)12-5-13-10(8)11;9-6-3-7-1-4-8-5-2-7/h9-11,14H,3-8H2,1-2H3,(H2,21,22,25);3-5H,1-2H3;7-9H,1-6H2. The van der Waals surface area contributed by atoms with Crippen LogP contribution in [0.2, 0.25) is 5.15 Å². The molecular weight excluding hydrogens is 655 g/mol. The van der Waals surface area contributed by atoms with Gasteiger partial charge in [-0.2, -0.15) is 0 Å². The third kappa shape index (κ3) is 11.4. The van der Waals surface area contributed by atoms with Crippen LogP contribution in [0.3, 0.4) is 0 Å². The van der Waals surface area contributed by atoms with Crippen LogP contribution >= 0.6 is 18.3 Å². The van der Waals surface area contributed by atoms with Gasteiger partial charge in [-0.15, -0.1) is 0 Å². The van der Waals surface area contributed by atoms with Crippen molar-refractivity contribution in [3.63, 3.8) is 0 Å². The van der Waals surface area contributed by atoms with Gasteiger partial charge >= 0.3 is 6.72 Å². The van der Waals surface area contributed by atoms with Gasteiger partial charge in [0.05, 0.1) is 17.6 Å². The summed E-state index contributed by atoms with van der Waals surface area (Å²) in [5.74, 6) is 2.30. The first-order valence-corrected chi connectivity index (χ1v) is 19.3. The number of piperidine rings is 2. The van der Waals surface area contributed by atoms with Crippen molar-refractivity contribution in [3.05, 3.63) is 64.3 Å². The lowest BCUT2D eigenvalue weighted by Crippen LogP contribution is -2.34. The summed E-state index contributed by atoms with van der Waals surface area (Å²) in [7, 11) is 0. The number of rotatable bonds is 7. The Morgan fingerprint density at radius 3 is 1.94 bits per heavy atom. The molecule has 0 spiro atoms. The molecule has 2 fully saturated rings. The molecule has 0 atom stereocenters. The summed E-state index contributed by atoms with van der Waals surface area (Å²) in [6.45, 7) is 9.62. The van der Waals surface area contributed by atoms with Gasteiger partial charge in [0.1, 0.15) is 23.6 Å². The van der Waals surface area contributed by atoms with Gasteiger partial charge in [-0.25, -0.2) is 19.9 Å². The largest absolute Gasteiger partial charge is 0.396 e. The molecule has 4 aromatic rings. The number of aromatic nitrogens is 4. The highest BCUT2D eigenvalue weighted by Crippen LogP contribution is 2.37. The van der Waals surface area contributed by atoms with Crippen LogP contribution in [0.15, 0.2) is 36.9 Å². The van der Waals surface area contributed by atoms with Crippen molar-refractivity contribution >= 4 is 57.8 Å². The second-order valence-corrected chi connectivity index (χ2v) is 15.5. The minimum atomic E-state index is -3.52. The Hall–Kier alpha value is -2.34. The Morgan fingerprint density at radius 1 is 0.809 bits per heavy atom. The SMILES string of the molecule is Cc1cc2ncnc(Cl)c2cc1C.Cc1cc2ncnc(N3CCC(CCOP(O)(O)=S)CC3)c2cc1C.OCCC1CCNCC1. The number of aliphatic hydroxyl groups is 1. The third-order valence-electron chi connectivity index (χ3n) is 9.13. The van der Waals surface area contributed by atoms with Gasteiger partial charge in [0.15, 0.2) is 0 Å². The molecule has 4 heterocycles. The molecule has 2 aromatic heterocycles. The van der Waals surface area contributed by atoms with Crippen LogP contribution in [-0.2, 0) is 16.3 Å². The van der Waals surface area contributed by atoms with Crippen LogP contribution in [0.5, 0.6) is 0 Å². The molecule has 2 aliphatic heterocycles. The molecule has 0 unspecified atom stereocenters. The summed E-state index contributed by atoms with van der Waals surface area (Å²) in [5, 5.41) is 14.4. The zero-order valence-electron chi connectivity index (χ0n) is 27.8. The molecule has 6 rings (SSSR count). The summed E-state index contributed by atoms with van der Waals surface area (Å²) >= 11 is 10.4. The Labute approximate surface area is 288 Å². The van der Waals surface area contributed by atoms with Gasteiger partial charge in [-0.1, -0.05) is 11.6 Å². The van der Waals surface area contributed by atoms with E-state index in [4.69, 9.17) is 31.0 Å². The number of aliphatic hydroxyl groups excluding tert-OH is 1. The van der Waals surface area contributed by atoms with Crippen LogP contribution in [0.1, 0.15) is 60.8 Å². The number of nitrogens with zero attached hydrogens (tertiary/aromatic N) is 5. The normalized spacial score (nSPS) is 16.0. The van der Waals surface area contributed by atoms with E-state index in [1.54, 1.807) is 6.33 Å². The maximum absolute atomic E-state index is 9.12. The number of hydrogen-bond acceptors (Lipinski definition) is 9. The minimum Gasteiger partial charge on any atom is -0.396 e. The second-order valence-electron chi connectivity index (χ2n) is 12.5. The van der Waals surface area contributed by atoms with Crippen LogP contribution in [0.4, 0.5) is 5.82 Å². The van der Waals surface area contributed by atoms with Crippen LogP contribution in [-0.4, -0.2) is 74.2 Å². The Bertz CT molecular complexity index is 1660. The number of aryl methyl sites for hydroxylation is 4. The van der Waals surface area contributed by atoms with Crippen molar-refractivity contribution in [2.75, 3.05) is 44.3 Å². The molecule has 0 aliphatic carbocycles. The van der Waals surface area contributed by atoms with E-state index in [9.17, 15) is 0 Å². The van der Waals surface area contributed by atoms with Crippen molar-refractivity contribution in [1.82, 2.24) is 25.3 Å². The maximum Gasteiger partial charge on any atom is 0.321 e. The van der Waals surface area contributed by atoms with Gasteiger partial charge in [0.25, 0.3) is 0 Å². The van der Waals surface area contributed by atoms with E-state index in [1.165, 1.54) is 41.4 Å². The summed E-state index contributed by atoms with van der Waals surface area (Å²) in [6.07, 6.45) is 9.49. The van der Waals surface area contributed by atoms with Crippen LogP contribution < -0.4 is 10.2 Å². The Morgan fingerprint density at radius 2 is 1.34 bits per heavy atom. The predicted molar refractivity (Wildman–Crippen MR) is 195 cm³/mol. The van der Waals surface area contributed by atoms with Gasteiger partial charge in [0, 0.05) is 30.5 Å². The fraction of sp³-hybridized carbons (Fsp3) is 0.529. The number of halogens is 1. The highest BCUT2D eigenvalue weighted by molar-refractivity contribution is 8.06. The first-order chi connectivity index (χ1) is 22.4. The van der Waals surface area contributed by atoms with Crippen molar-refractivity contribution in [1.29, 1.82) is 0 Å². The van der Waals surface area contributed by atoms with Crippen LogP contribution in [0.25, 0.3) is 21.8 Å². The Kier molecular flexibility index (Phi) is 14.3. The van der Waals surface area contributed by atoms with Crippen molar-refractivity contribution < 1.29 is 19.4 Å². The number of nitrogens with one attached hydrogen (secondary N) is 1. The molecule has 0 amide bonds. The van der Waals surface area contributed by atoms with E-state index in [-0.39, 0.29) is 0 Å². The average Bonchev–Trinajstić information content (AvgIpc) is 3.04. The molecule has 0 bridgehead atoms. The summed E-state index contributed by atoms with van der Waals surface area (Å²) in [6, 6.07) is 8.34. The number of hydrogen-bond donors (Lipinski definition) is 4. The zero-order chi connectivity index (χ0) is 34.0. The van der Waals surface area contributed by atoms with E-state index in [2.05, 4.69) is 81.8 Å². The molecule has 10 nitrogen and oxygen atoms in total. The van der Waals surface area contributed by atoms with Gasteiger partial charge in [-0.05, 0) is 149 Å². The number of anilines is 1. The number of benzene rings is 2. The molecule has 0 radical (unpaired) electrons. The number of fused-ring (bicyclic) bond motifs is 2. The molecule has 2 aliphatic rings. The molecule has 47 heavy (non-hydrogen) atoms. The lowest BCUT2D eigenvalue weighted by Gasteiger charge is -2.33. The molecule has 13 heteroatoms. The molecule has 256 valence electrons. The van der Waals surface area contributed by atoms with Crippen molar-refractivity contribution in [2.24, 2.45) is 11.8 Å². The molecule has 2 aromatic carbocycles. The van der Waals surface area contributed by atoms with Gasteiger partial charge in [0.2, 0.25) is 0 Å². The van der Waals surface area contributed by atoms with E-state index < -0.39 is 6.72 Å². The average molecular weight is 703 g/mol. The maximum atomic E-state index is 9.12. The summed E-state index contributed by atoms with van der Waals surface area (Å²) in [5.41, 5.74) is 6.82. The van der Waals surface area contributed by atoms with E-state index >= 15 is 0 Å². The van der Waals surface area contributed by atoms with E-state index in [1.807, 2.05) is 12.1 Å². The van der Waals surface area contributed by atoms with E-state index in [0.29, 0.717) is 24.3 Å². The highest BCUT2D eigenvalue weighted by Gasteiger charge is 2.22. The van der Waals surface area contributed by atoms with E-state index in [0.717, 1.165) is 85.4 Å². The van der Waals surface area contributed by atoms with Crippen molar-refractivity contribution in [2.45, 2.75) is 66.2 Å². The second kappa shape index (κ2) is 17.9. The lowest BCUT2D eigenvalue weighted by molar-refractivity contribution is 0.221. The monoisotopic (exact) mass is 702 g/mol. The molecule has 4 N–H and O–H groups in total. The third-order valence-corrected chi connectivity index (χ3v) is 10.3.